The van der Waals surface area contributed by atoms with Gasteiger partial charge in [0.05, 0.1) is 11.5 Å². The second-order valence-electron chi connectivity index (χ2n) is 5.87. The van der Waals surface area contributed by atoms with E-state index in [2.05, 4.69) is 55.2 Å². The molecule has 0 saturated carbocycles. The minimum atomic E-state index is -2.26. The van der Waals surface area contributed by atoms with E-state index in [1.165, 1.54) is 16.9 Å². The Balaban J connectivity index is 2.28. The molecule has 0 N–H and O–H groups in total. The summed E-state index contributed by atoms with van der Waals surface area (Å²) in [6, 6.07) is 8.49. The molecule has 4 nitrogen and oxygen atoms in total. The number of fused-ring (bicyclic) bond motifs is 1. The number of likely N-dealkylation sites (N-methyl/N-ethyl adjacent to an activating group) is 1. The zero-order valence-corrected chi connectivity index (χ0v) is 14.7. The van der Waals surface area contributed by atoms with E-state index >= 15 is 0 Å². The molecular weight excluding hydrogens is 301 g/mol. The van der Waals surface area contributed by atoms with Gasteiger partial charge in [-0.3, -0.25) is 0 Å². The summed E-state index contributed by atoms with van der Waals surface area (Å²) in [7, 11) is 5.67. The van der Waals surface area contributed by atoms with Gasteiger partial charge in [0.25, 0.3) is 0 Å². The van der Waals surface area contributed by atoms with Crippen LogP contribution >= 0.6 is 6.42 Å². The molecule has 2 aliphatic rings. The van der Waals surface area contributed by atoms with Gasteiger partial charge in [0.2, 0.25) is 6.42 Å². The smallest absolute Gasteiger partial charge is 0.204 e. The Labute approximate surface area is 131 Å². The molecule has 3 rings (SSSR count). The summed E-state index contributed by atoms with van der Waals surface area (Å²) in [5.41, 5.74) is 3.63. The molecule has 0 bridgehead atoms. The van der Waals surface area contributed by atoms with Crippen molar-refractivity contribution in [1.82, 2.24) is 4.78 Å². The summed E-state index contributed by atoms with van der Waals surface area (Å²) in [5, 5.41) is 5.44. The Morgan fingerprint density at radius 1 is 1.24 bits per heavy atom. The number of allylic oxidation sites excluding steroid dienone is 2. The van der Waals surface area contributed by atoms with Crippen LogP contribution in [-0.2, 0) is 21.7 Å². The highest BCUT2D eigenvalue weighted by atomic mass is 32.4. The van der Waals surface area contributed by atoms with Crippen molar-refractivity contribution in [3.8, 4) is 0 Å². The molecule has 0 spiro atoms. The Morgan fingerprint density at radius 2 is 1.90 bits per heavy atom. The summed E-state index contributed by atoms with van der Waals surface area (Å²) in [6.45, 7) is 4.47. The van der Waals surface area contributed by atoms with Crippen LogP contribution in [0.4, 0.5) is 5.69 Å². The lowest BCUT2D eigenvalue weighted by molar-refractivity contribution is 0.412. The molecule has 1 aromatic rings. The third-order valence-corrected chi connectivity index (χ3v) is 8.43. The molecule has 0 saturated heterocycles. The number of hydrogen-bond donors (Lipinski definition) is 0. The number of para-hydroxylation sites is 1. The molecule has 1 aromatic carbocycles. The lowest BCUT2D eigenvalue weighted by atomic mass is 9.84. The van der Waals surface area contributed by atoms with Crippen molar-refractivity contribution in [2.75, 3.05) is 26.1 Å². The fraction of sp³-hybridized carbons (Fsp3) is 0.400. The Morgan fingerprint density at radius 3 is 2.52 bits per heavy atom. The number of rotatable bonds is 1. The van der Waals surface area contributed by atoms with Crippen LogP contribution < -0.4 is 4.90 Å². The molecule has 6 heteroatoms. The standard InChI is InChI=1S/C15H20N3OPS/c1-15(2)11-8-6-7-9-12(11)17(3)14(15)13-10-16-18(4)20(13,21)19-5/h6-10H,1-5H3/b14-13+. The van der Waals surface area contributed by atoms with E-state index in [4.69, 9.17) is 16.3 Å². The van der Waals surface area contributed by atoms with Gasteiger partial charge in [-0.15, -0.1) is 0 Å². The quantitative estimate of drug-likeness (QED) is 0.740. The molecular formula is C15H20N3OPS. The Bertz CT molecular complexity index is 711. The monoisotopic (exact) mass is 321 g/mol. The van der Waals surface area contributed by atoms with Crippen molar-refractivity contribution in [3.63, 3.8) is 0 Å². The third kappa shape index (κ3) is 1.84. The molecule has 0 radical (unpaired) electrons. The van der Waals surface area contributed by atoms with Gasteiger partial charge in [-0.1, -0.05) is 32.0 Å². The minimum absolute atomic E-state index is 0.111. The number of anilines is 1. The van der Waals surface area contributed by atoms with Gasteiger partial charge >= 0.3 is 0 Å². The van der Waals surface area contributed by atoms with E-state index in [1.807, 2.05) is 13.3 Å². The first-order valence-electron chi connectivity index (χ1n) is 6.86. The fourth-order valence-electron chi connectivity index (χ4n) is 3.30. The molecule has 1 unspecified atom stereocenters. The van der Waals surface area contributed by atoms with E-state index < -0.39 is 6.42 Å². The molecule has 0 amide bonds. The van der Waals surface area contributed by atoms with Crippen LogP contribution in [0.25, 0.3) is 0 Å². The van der Waals surface area contributed by atoms with Gasteiger partial charge < -0.3 is 9.42 Å². The summed E-state index contributed by atoms with van der Waals surface area (Å²) < 4.78 is 7.52. The van der Waals surface area contributed by atoms with Crippen molar-refractivity contribution in [3.05, 3.63) is 40.8 Å². The highest BCUT2D eigenvalue weighted by Gasteiger charge is 2.45. The van der Waals surface area contributed by atoms with Crippen LogP contribution in [0.5, 0.6) is 0 Å². The first-order chi connectivity index (χ1) is 9.84. The lowest BCUT2D eigenvalue weighted by Gasteiger charge is -2.30. The largest absolute Gasteiger partial charge is 0.346 e. The van der Waals surface area contributed by atoms with Gasteiger partial charge in [0, 0.05) is 38.0 Å². The minimum Gasteiger partial charge on any atom is -0.346 e. The fourth-order valence-corrected chi connectivity index (χ4v) is 5.66. The van der Waals surface area contributed by atoms with Crippen molar-refractivity contribution in [1.29, 1.82) is 0 Å². The molecule has 21 heavy (non-hydrogen) atoms. The van der Waals surface area contributed by atoms with Crippen LogP contribution in [0.15, 0.2) is 40.4 Å². The van der Waals surface area contributed by atoms with Crippen LogP contribution in [0.1, 0.15) is 19.4 Å². The molecule has 0 aliphatic carbocycles. The maximum atomic E-state index is 5.82. The first-order valence-corrected chi connectivity index (χ1v) is 9.54. The normalized spacial score (nSPS) is 30.1. The van der Waals surface area contributed by atoms with Crippen LogP contribution in [0, 0.1) is 0 Å². The van der Waals surface area contributed by atoms with E-state index in [0.29, 0.717) is 0 Å². The Kier molecular flexibility index (Phi) is 3.28. The molecule has 0 aromatic heterocycles. The van der Waals surface area contributed by atoms with Crippen LogP contribution in [-0.4, -0.2) is 32.2 Å². The van der Waals surface area contributed by atoms with Crippen molar-refractivity contribution < 1.29 is 4.52 Å². The zero-order chi connectivity index (χ0) is 15.4. The second-order valence-corrected chi connectivity index (χ2v) is 9.82. The van der Waals surface area contributed by atoms with Gasteiger partial charge in [-0.25, -0.2) is 4.78 Å². The van der Waals surface area contributed by atoms with Gasteiger partial charge in [0.1, 0.15) is 0 Å². The third-order valence-electron chi connectivity index (χ3n) is 4.39. The topological polar surface area (TPSA) is 28.1 Å². The molecule has 0 fully saturated rings. The molecule has 2 heterocycles. The number of benzene rings is 1. The van der Waals surface area contributed by atoms with Crippen molar-refractivity contribution in [2.45, 2.75) is 19.3 Å². The first kappa shape index (κ1) is 14.8. The van der Waals surface area contributed by atoms with Crippen LogP contribution in [0.2, 0.25) is 0 Å². The summed E-state index contributed by atoms with van der Waals surface area (Å²) in [4.78, 5) is 2.23. The summed E-state index contributed by atoms with van der Waals surface area (Å²) in [6.07, 6.45) is -0.386. The SMILES string of the molecule is COP1(=S)/C(=C2/N(C)c3ccccc3C2(C)C)C=NN1C. The van der Waals surface area contributed by atoms with Gasteiger partial charge in [0.15, 0.2) is 0 Å². The number of hydrogen-bond acceptors (Lipinski definition) is 4. The van der Waals surface area contributed by atoms with E-state index in [0.717, 1.165) is 5.31 Å². The highest BCUT2D eigenvalue weighted by molar-refractivity contribution is 8.13. The predicted molar refractivity (Wildman–Crippen MR) is 92.4 cm³/mol. The second kappa shape index (κ2) is 4.67. The lowest BCUT2D eigenvalue weighted by Crippen LogP contribution is -2.25. The maximum absolute atomic E-state index is 5.82. The summed E-state index contributed by atoms with van der Waals surface area (Å²) >= 11 is 5.82. The molecule has 112 valence electrons. The maximum Gasteiger partial charge on any atom is 0.204 e. The molecule has 2 aliphatic heterocycles. The predicted octanol–water partition coefficient (Wildman–Crippen LogP) is 3.51. The average molecular weight is 321 g/mol. The van der Waals surface area contributed by atoms with Crippen LogP contribution in [0.3, 0.4) is 0 Å². The average Bonchev–Trinajstić information content (AvgIpc) is 2.86. The molecule has 1 atom stereocenters. The Hall–Kier alpha value is -1.16. The number of hydrazone groups is 1. The summed E-state index contributed by atoms with van der Waals surface area (Å²) in [5.74, 6) is 0. The van der Waals surface area contributed by atoms with Crippen molar-refractivity contribution >= 4 is 30.1 Å². The number of nitrogens with zero attached hydrogens (tertiary/aromatic N) is 3. The van der Waals surface area contributed by atoms with E-state index in [9.17, 15) is 0 Å². The van der Waals surface area contributed by atoms with Crippen molar-refractivity contribution in [2.24, 2.45) is 5.10 Å². The van der Waals surface area contributed by atoms with Gasteiger partial charge in [-0.2, -0.15) is 5.10 Å². The van der Waals surface area contributed by atoms with Gasteiger partial charge in [-0.05, 0) is 23.4 Å². The highest BCUT2D eigenvalue weighted by Crippen LogP contribution is 2.64. The van der Waals surface area contributed by atoms with E-state index in [1.54, 1.807) is 11.9 Å². The van der Waals surface area contributed by atoms with E-state index in [-0.39, 0.29) is 5.41 Å². The zero-order valence-electron chi connectivity index (χ0n) is 13.0.